The van der Waals surface area contributed by atoms with E-state index in [2.05, 4.69) is 5.32 Å². The number of halogens is 2. The van der Waals surface area contributed by atoms with Gasteiger partial charge < -0.3 is 10.4 Å². The number of hydrogen-bond acceptors (Lipinski definition) is 2. The van der Waals surface area contributed by atoms with Gasteiger partial charge in [-0.1, -0.05) is 37.1 Å². The van der Waals surface area contributed by atoms with E-state index in [0.29, 0.717) is 6.04 Å². The summed E-state index contributed by atoms with van der Waals surface area (Å²) in [6.45, 7) is -0.00940. The highest BCUT2D eigenvalue weighted by molar-refractivity contribution is 5.26. The molecule has 1 aliphatic rings. The lowest BCUT2D eigenvalue weighted by Gasteiger charge is -2.21. The van der Waals surface area contributed by atoms with Crippen molar-refractivity contribution in [1.29, 1.82) is 0 Å². The van der Waals surface area contributed by atoms with Crippen molar-refractivity contribution in [3.8, 4) is 0 Å². The standard InChI is InChI=1S/C14H19F2NO/c15-14(16)11-7-5-10(6-8-11)13(9-18)17-12-3-1-2-4-12/h5-8,12-14,17-18H,1-4,9H2. The summed E-state index contributed by atoms with van der Waals surface area (Å²) in [6, 6.07) is 6.49. The van der Waals surface area contributed by atoms with Gasteiger partial charge in [0.05, 0.1) is 12.6 Å². The Bertz CT molecular complexity index is 361. The second-order valence-corrected chi connectivity index (χ2v) is 4.85. The zero-order valence-electron chi connectivity index (χ0n) is 10.3. The second kappa shape index (κ2) is 6.25. The molecule has 4 heteroatoms. The van der Waals surface area contributed by atoms with Crippen molar-refractivity contribution in [2.75, 3.05) is 6.61 Å². The van der Waals surface area contributed by atoms with Gasteiger partial charge in [0.25, 0.3) is 6.43 Å². The predicted molar refractivity (Wildman–Crippen MR) is 66.6 cm³/mol. The first-order valence-electron chi connectivity index (χ1n) is 6.45. The van der Waals surface area contributed by atoms with Crippen LogP contribution in [0.2, 0.25) is 0 Å². The molecule has 2 nitrogen and oxygen atoms in total. The fourth-order valence-corrected chi connectivity index (χ4v) is 2.51. The summed E-state index contributed by atoms with van der Waals surface area (Å²) in [7, 11) is 0. The van der Waals surface area contributed by atoms with E-state index in [9.17, 15) is 13.9 Å². The van der Waals surface area contributed by atoms with E-state index in [4.69, 9.17) is 0 Å². The minimum atomic E-state index is -2.44. The molecule has 1 atom stereocenters. The van der Waals surface area contributed by atoms with Crippen LogP contribution >= 0.6 is 0 Å². The third-order valence-corrected chi connectivity index (χ3v) is 3.57. The van der Waals surface area contributed by atoms with Gasteiger partial charge in [-0.3, -0.25) is 0 Å². The molecule has 0 heterocycles. The van der Waals surface area contributed by atoms with Gasteiger partial charge in [-0.05, 0) is 18.4 Å². The number of aliphatic hydroxyl groups is 1. The van der Waals surface area contributed by atoms with Crippen LogP contribution in [-0.4, -0.2) is 17.8 Å². The SMILES string of the molecule is OCC(NC1CCCC1)c1ccc(C(F)F)cc1. The molecule has 0 spiro atoms. The molecule has 1 aliphatic carbocycles. The monoisotopic (exact) mass is 255 g/mol. The molecule has 100 valence electrons. The van der Waals surface area contributed by atoms with Gasteiger partial charge in [-0.25, -0.2) is 8.78 Å². The maximum Gasteiger partial charge on any atom is 0.263 e. The molecule has 0 bridgehead atoms. The number of rotatable bonds is 5. The number of nitrogens with one attached hydrogen (secondary N) is 1. The molecule has 0 radical (unpaired) electrons. The minimum absolute atomic E-state index is 0.00940. The van der Waals surface area contributed by atoms with Crippen molar-refractivity contribution >= 4 is 0 Å². The maximum absolute atomic E-state index is 12.4. The fourth-order valence-electron chi connectivity index (χ4n) is 2.51. The van der Waals surface area contributed by atoms with Crippen LogP contribution < -0.4 is 5.32 Å². The third-order valence-electron chi connectivity index (χ3n) is 3.57. The molecular formula is C14H19F2NO. The molecule has 0 aromatic heterocycles. The van der Waals surface area contributed by atoms with Gasteiger partial charge in [-0.2, -0.15) is 0 Å². The van der Waals surface area contributed by atoms with Crippen molar-refractivity contribution in [3.63, 3.8) is 0 Å². The van der Waals surface area contributed by atoms with E-state index in [-0.39, 0.29) is 18.2 Å². The molecule has 1 saturated carbocycles. The molecule has 1 aromatic carbocycles. The van der Waals surface area contributed by atoms with Crippen LogP contribution in [0, 0.1) is 0 Å². The lowest BCUT2D eigenvalue weighted by Crippen LogP contribution is -2.32. The highest BCUT2D eigenvalue weighted by Crippen LogP contribution is 2.24. The summed E-state index contributed by atoms with van der Waals surface area (Å²) in [5.41, 5.74) is 0.894. The van der Waals surface area contributed by atoms with Gasteiger partial charge >= 0.3 is 0 Å². The van der Waals surface area contributed by atoms with Crippen molar-refractivity contribution in [2.45, 2.75) is 44.2 Å². The second-order valence-electron chi connectivity index (χ2n) is 4.85. The summed E-state index contributed by atoms with van der Waals surface area (Å²) in [5, 5.41) is 12.8. The molecule has 1 fully saturated rings. The molecular weight excluding hydrogens is 236 g/mol. The van der Waals surface area contributed by atoms with E-state index in [1.54, 1.807) is 12.1 Å². The number of hydrogen-bond donors (Lipinski definition) is 2. The fraction of sp³-hybridized carbons (Fsp3) is 0.571. The smallest absolute Gasteiger partial charge is 0.263 e. The average Bonchev–Trinajstić information content (AvgIpc) is 2.89. The summed E-state index contributed by atoms with van der Waals surface area (Å²) in [4.78, 5) is 0. The van der Waals surface area contributed by atoms with E-state index < -0.39 is 6.43 Å². The van der Waals surface area contributed by atoms with Crippen LogP contribution in [0.1, 0.15) is 49.3 Å². The van der Waals surface area contributed by atoms with Gasteiger partial charge in [0.15, 0.2) is 0 Å². The molecule has 0 amide bonds. The Morgan fingerprint density at radius 2 is 1.67 bits per heavy atom. The Kier molecular flexibility index (Phi) is 4.66. The van der Waals surface area contributed by atoms with Crippen LogP contribution in [0.5, 0.6) is 0 Å². The summed E-state index contributed by atoms with van der Waals surface area (Å²) < 4.78 is 24.9. The van der Waals surface area contributed by atoms with Gasteiger partial charge in [0, 0.05) is 11.6 Å². The summed E-state index contributed by atoms with van der Waals surface area (Å²) in [5.74, 6) is 0. The van der Waals surface area contributed by atoms with Gasteiger partial charge in [0.1, 0.15) is 0 Å². The van der Waals surface area contributed by atoms with Crippen LogP contribution in [0.3, 0.4) is 0 Å². The lowest BCUT2D eigenvalue weighted by molar-refractivity contribution is 0.151. The third kappa shape index (κ3) is 3.27. The number of benzene rings is 1. The molecule has 2 rings (SSSR count). The van der Waals surface area contributed by atoms with E-state index in [0.717, 1.165) is 18.4 Å². The zero-order chi connectivity index (χ0) is 13.0. The molecule has 18 heavy (non-hydrogen) atoms. The average molecular weight is 255 g/mol. The molecule has 0 aliphatic heterocycles. The Morgan fingerprint density at radius 3 is 2.17 bits per heavy atom. The van der Waals surface area contributed by atoms with Crippen LogP contribution in [0.15, 0.2) is 24.3 Å². The quantitative estimate of drug-likeness (QED) is 0.847. The van der Waals surface area contributed by atoms with Gasteiger partial charge in [0.2, 0.25) is 0 Å². The van der Waals surface area contributed by atoms with Crippen molar-refractivity contribution < 1.29 is 13.9 Å². The summed E-state index contributed by atoms with van der Waals surface area (Å²) in [6.07, 6.45) is 2.27. The minimum Gasteiger partial charge on any atom is -0.394 e. The van der Waals surface area contributed by atoms with E-state index in [1.807, 2.05) is 0 Å². The molecule has 2 N–H and O–H groups in total. The molecule has 0 saturated heterocycles. The van der Waals surface area contributed by atoms with Crippen molar-refractivity contribution in [2.24, 2.45) is 0 Å². The van der Waals surface area contributed by atoms with E-state index >= 15 is 0 Å². The topological polar surface area (TPSA) is 32.3 Å². The summed E-state index contributed by atoms with van der Waals surface area (Å²) >= 11 is 0. The normalized spacial score (nSPS) is 18.4. The predicted octanol–water partition coefficient (Wildman–Crippen LogP) is 3.19. The van der Waals surface area contributed by atoms with Crippen molar-refractivity contribution in [1.82, 2.24) is 5.32 Å². The number of alkyl halides is 2. The lowest BCUT2D eigenvalue weighted by atomic mass is 10.0. The first-order valence-corrected chi connectivity index (χ1v) is 6.45. The van der Waals surface area contributed by atoms with Gasteiger partial charge in [-0.15, -0.1) is 0 Å². The van der Waals surface area contributed by atoms with E-state index in [1.165, 1.54) is 25.0 Å². The molecule has 1 unspecified atom stereocenters. The zero-order valence-corrected chi connectivity index (χ0v) is 10.3. The van der Waals surface area contributed by atoms with Crippen LogP contribution in [0.25, 0.3) is 0 Å². The Balaban J connectivity index is 2.02. The first kappa shape index (κ1) is 13.4. The van der Waals surface area contributed by atoms with Crippen LogP contribution in [0.4, 0.5) is 8.78 Å². The highest BCUT2D eigenvalue weighted by atomic mass is 19.3. The Labute approximate surface area is 106 Å². The Morgan fingerprint density at radius 1 is 1.11 bits per heavy atom. The highest BCUT2D eigenvalue weighted by Gasteiger charge is 2.20. The first-order chi connectivity index (χ1) is 8.70. The largest absolute Gasteiger partial charge is 0.394 e. The number of aliphatic hydroxyl groups excluding tert-OH is 1. The van der Waals surface area contributed by atoms with Crippen molar-refractivity contribution in [3.05, 3.63) is 35.4 Å². The Hall–Kier alpha value is -1.00. The molecule has 1 aromatic rings. The maximum atomic E-state index is 12.4. The van der Waals surface area contributed by atoms with Crippen LogP contribution in [-0.2, 0) is 0 Å².